The number of hydrogen-bond acceptors (Lipinski definition) is 2. The summed E-state index contributed by atoms with van der Waals surface area (Å²) in [4.78, 5) is 0. The summed E-state index contributed by atoms with van der Waals surface area (Å²) in [6.07, 6.45) is 1.56. The Kier molecular flexibility index (Phi) is 3.62. The van der Waals surface area contributed by atoms with Gasteiger partial charge in [-0.15, -0.1) is 0 Å². The summed E-state index contributed by atoms with van der Waals surface area (Å²) >= 11 is 3.24. The molecule has 0 unspecified atom stereocenters. The minimum atomic E-state index is -0.407. The van der Waals surface area contributed by atoms with E-state index in [1.165, 1.54) is 6.07 Å². The second kappa shape index (κ2) is 4.82. The number of nitrogens with one attached hydrogen (secondary N) is 1. The first-order chi connectivity index (χ1) is 7.68. The van der Waals surface area contributed by atoms with E-state index in [9.17, 15) is 9.50 Å². The minimum absolute atomic E-state index is 0.00717. The number of piperidine rings is 1. The third-order valence-corrected chi connectivity index (χ3v) is 3.86. The lowest BCUT2D eigenvalue weighted by Crippen LogP contribution is -2.43. The van der Waals surface area contributed by atoms with Gasteiger partial charge in [0, 0.05) is 9.89 Å². The monoisotopic (exact) mass is 287 g/mol. The standard InChI is InChI=1S/C12H15BrFNO/c13-9-1-2-10(11(14)7-9)12(8-16)3-5-15-6-4-12/h1-2,7,15-16H,3-6,8H2. The number of benzene rings is 1. The number of halogens is 2. The van der Waals surface area contributed by atoms with Gasteiger partial charge in [0.1, 0.15) is 5.82 Å². The van der Waals surface area contributed by atoms with Crippen LogP contribution in [0, 0.1) is 5.82 Å². The molecule has 88 valence electrons. The summed E-state index contributed by atoms with van der Waals surface area (Å²) in [6, 6.07) is 5.08. The summed E-state index contributed by atoms with van der Waals surface area (Å²) in [5, 5.41) is 12.8. The Hall–Kier alpha value is -0.450. The van der Waals surface area contributed by atoms with Crippen molar-refractivity contribution >= 4 is 15.9 Å². The van der Waals surface area contributed by atoms with Gasteiger partial charge in [-0.2, -0.15) is 0 Å². The van der Waals surface area contributed by atoms with Crippen molar-refractivity contribution in [1.29, 1.82) is 0 Å². The van der Waals surface area contributed by atoms with E-state index in [0.717, 1.165) is 30.4 Å². The van der Waals surface area contributed by atoms with E-state index in [4.69, 9.17) is 0 Å². The molecule has 1 aromatic rings. The van der Waals surface area contributed by atoms with Crippen molar-refractivity contribution in [1.82, 2.24) is 5.32 Å². The van der Waals surface area contributed by atoms with Gasteiger partial charge in [-0.1, -0.05) is 22.0 Å². The van der Waals surface area contributed by atoms with E-state index in [1.54, 1.807) is 6.07 Å². The van der Waals surface area contributed by atoms with Crippen LogP contribution in [0.25, 0.3) is 0 Å². The zero-order valence-corrected chi connectivity index (χ0v) is 10.6. The van der Waals surface area contributed by atoms with E-state index in [0.29, 0.717) is 5.56 Å². The van der Waals surface area contributed by atoms with Crippen molar-refractivity contribution in [2.45, 2.75) is 18.3 Å². The first-order valence-corrected chi connectivity index (χ1v) is 6.24. The van der Waals surface area contributed by atoms with E-state index in [1.807, 2.05) is 6.07 Å². The molecule has 2 N–H and O–H groups in total. The quantitative estimate of drug-likeness (QED) is 0.874. The van der Waals surface area contributed by atoms with E-state index >= 15 is 0 Å². The second-order valence-electron chi connectivity index (χ2n) is 4.31. The molecule has 4 heteroatoms. The highest BCUT2D eigenvalue weighted by Gasteiger charge is 2.35. The normalized spacial score (nSPS) is 19.7. The van der Waals surface area contributed by atoms with Crippen LogP contribution >= 0.6 is 15.9 Å². The number of aliphatic hydroxyl groups excluding tert-OH is 1. The number of rotatable bonds is 2. The lowest BCUT2D eigenvalue weighted by Gasteiger charge is -2.36. The van der Waals surface area contributed by atoms with Crippen LogP contribution in [0.15, 0.2) is 22.7 Å². The predicted molar refractivity (Wildman–Crippen MR) is 65.0 cm³/mol. The molecular formula is C12H15BrFNO. The van der Waals surface area contributed by atoms with Gasteiger partial charge in [0.25, 0.3) is 0 Å². The minimum Gasteiger partial charge on any atom is -0.395 e. The lowest BCUT2D eigenvalue weighted by molar-refractivity contribution is 0.154. The first kappa shape index (κ1) is 12.0. The molecule has 1 saturated heterocycles. The smallest absolute Gasteiger partial charge is 0.128 e. The second-order valence-corrected chi connectivity index (χ2v) is 5.23. The Labute approximate surface area is 103 Å². The largest absolute Gasteiger partial charge is 0.395 e. The van der Waals surface area contributed by atoms with Gasteiger partial charge >= 0.3 is 0 Å². The van der Waals surface area contributed by atoms with E-state index < -0.39 is 5.41 Å². The van der Waals surface area contributed by atoms with Gasteiger partial charge in [0.05, 0.1) is 6.61 Å². The summed E-state index contributed by atoms with van der Waals surface area (Å²) in [6.45, 7) is 1.67. The molecule has 2 rings (SSSR count). The third-order valence-electron chi connectivity index (χ3n) is 3.37. The molecule has 2 nitrogen and oxygen atoms in total. The van der Waals surface area contributed by atoms with Gasteiger partial charge in [-0.3, -0.25) is 0 Å². The summed E-state index contributed by atoms with van der Waals surface area (Å²) in [7, 11) is 0. The zero-order chi connectivity index (χ0) is 11.6. The molecule has 0 saturated carbocycles. The molecule has 1 aromatic carbocycles. The Morgan fingerprint density at radius 3 is 2.62 bits per heavy atom. The molecule has 1 heterocycles. The van der Waals surface area contributed by atoms with Gasteiger partial charge < -0.3 is 10.4 Å². The van der Waals surface area contributed by atoms with Crippen LogP contribution in [0.5, 0.6) is 0 Å². The van der Waals surface area contributed by atoms with Crippen molar-refractivity contribution < 1.29 is 9.50 Å². The van der Waals surface area contributed by atoms with Crippen molar-refractivity contribution in [2.24, 2.45) is 0 Å². The van der Waals surface area contributed by atoms with Crippen LogP contribution in [-0.2, 0) is 5.41 Å². The van der Waals surface area contributed by atoms with Crippen LogP contribution in [0.3, 0.4) is 0 Å². The fourth-order valence-corrected chi connectivity index (χ4v) is 2.67. The highest BCUT2D eigenvalue weighted by atomic mass is 79.9. The molecule has 0 amide bonds. The van der Waals surface area contributed by atoms with Crippen LogP contribution in [0.1, 0.15) is 18.4 Å². The fourth-order valence-electron chi connectivity index (χ4n) is 2.34. The van der Waals surface area contributed by atoms with E-state index in [-0.39, 0.29) is 12.4 Å². The molecular weight excluding hydrogens is 273 g/mol. The van der Waals surface area contributed by atoms with E-state index in [2.05, 4.69) is 21.2 Å². The van der Waals surface area contributed by atoms with Crippen molar-refractivity contribution in [3.05, 3.63) is 34.1 Å². The summed E-state index contributed by atoms with van der Waals surface area (Å²) < 4.78 is 14.6. The van der Waals surface area contributed by atoms with Crippen LogP contribution in [0.2, 0.25) is 0 Å². The molecule has 0 bridgehead atoms. The first-order valence-electron chi connectivity index (χ1n) is 5.45. The van der Waals surface area contributed by atoms with Crippen molar-refractivity contribution in [2.75, 3.05) is 19.7 Å². The third kappa shape index (κ3) is 2.14. The molecule has 0 atom stereocenters. The SMILES string of the molecule is OCC1(c2ccc(Br)cc2F)CCNCC1. The average Bonchev–Trinajstić information content (AvgIpc) is 2.30. The fraction of sp³-hybridized carbons (Fsp3) is 0.500. The van der Waals surface area contributed by atoms with Crippen LogP contribution in [-0.4, -0.2) is 24.8 Å². The highest BCUT2D eigenvalue weighted by Crippen LogP contribution is 2.35. The van der Waals surface area contributed by atoms with Gasteiger partial charge in [-0.05, 0) is 43.6 Å². The molecule has 16 heavy (non-hydrogen) atoms. The Balaban J connectivity index is 2.39. The molecule has 0 aliphatic carbocycles. The zero-order valence-electron chi connectivity index (χ0n) is 8.97. The summed E-state index contributed by atoms with van der Waals surface area (Å²) in [5.41, 5.74) is 0.232. The Bertz CT molecular complexity index is 377. The topological polar surface area (TPSA) is 32.3 Å². The molecule has 0 spiro atoms. The van der Waals surface area contributed by atoms with Crippen molar-refractivity contribution in [3.8, 4) is 0 Å². The molecule has 0 radical (unpaired) electrons. The predicted octanol–water partition coefficient (Wildman–Crippen LogP) is 2.20. The van der Waals surface area contributed by atoms with Gasteiger partial charge in [0.2, 0.25) is 0 Å². The van der Waals surface area contributed by atoms with Crippen LogP contribution < -0.4 is 5.32 Å². The highest BCUT2D eigenvalue weighted by molar-refractivity contribution is 9.10. The summed E-state index contributed by atoms with van der Waals surface area (Å²) in [5.74, 6) is -0.231. The van der Waals surface area contributed by atoms with Crippen LogP contribution in [0.4, 0.5) is 4.39 Å². The number of aliphatic hydroxyl groups is 1. The Morgan fingerprint density at radius 2 is 2.06 bits per heavy atom. The molecule has 1 aliphatic heterocycles. The Morgan fingerprint density at radius 1 is 1.38 bits per heavy atom. The number of hydrogen-bond donors (Lipinski definition) is 2. The lowest BCUT2D eigenvalue weighted by atomic mass is 9.73. The van der Waals surface area contributed by atoms with Gasteiger partial charge in [0.15, 0.2) is 0 Å². The molecule has 1 aliphatic rings. The van der Waals surface area contributed by atoms with Crippen molar-refractivity contribution in [3.63, 3.8) is 0 Å². The average molecular weight is 288 g/mol. The molecule has 1 fully saturated rings. The molecule has 0 aromatic heterocycles. The maximum absolute atomic E-state index is 13.9. The van der Waals surface area contributed by atoms with Gasteiger partial charge in [-0.25, -0.2) is 4.39 Å². The maximum Gasteiger partial charge on any atom is 0.128 e. The maximum atomic E-state index is 13.9.